The van der Waals surface area contributed by atoms with Crippen molar-refractivity contribution in [3.63, 3.8) is 0 Å². The van der Waals surface area contributed by atoms with Gasteiger partial charge in [-0.1, -0.05) is 13.3 Å². The lowest BCUT2D eigenvalue weighted by atomic mass is 10.2. The summed E-state index contributed by atoms with van der Waals surface area (Å²) in [5, 5.41) is 0. The first-order valence-corrected chi connectivity index (χ1v) is 6.90. The van der Waals surface area contributed by atoms with Gasteiger partial charge in [-0.25, -0.2) is 0 Å². The van der Waals surface area contributed by atoms with Gasteiger partial charge < -0.3 is 0 Å². The molecule has 0 nitrogen and oxygen atoms in total. The lowest BCUT2D eigenvalue weighted by Gasteiger charge is -1.91. The third-order valence-corrected chi connectivity index (χ3v) is 4.86. The van der Waals surface area contributed by atoms with Crippen LogP contribution in [0, 0.1) is 0 Å². The third-order valence-electron chi connectivity index (χ3n) is 2.00. The molecule has 0 N–H and O–H groups in total. The van der Waals surface area contributed by atoms with Crippen molar-refractivity contribution < 1.29 is 0 Å². The summed E-state index contributed by atoms with van der Waals surface area (Å²) in [6, 6.07) is 4.56. The molecule has 2 aromatic rings. The van der Waals surface area contributed by atoms with Crippen LogP contribution >= 0.6 is 38.6 Å². The van der Waals surface area contributed by atoms with E-state index < -0.39 is 0 Å². The molecular formula is C10H11BrS2. The standard InChI is InChI=1S/C10H11BrS2/c1-2-3-4-7-5-8-9(12-7)6-10(11)13-8/h5-6H,2-4H2,1H3. The van der Waals surface area contributed by atoms with Crippen molar-refractivity contribution in [2.24, 2.45) is 0 Å². The topological polar surface area (TPSA) is 0 Å². The smallest absolute Gasteiger partial charge is 0.0719 e. The van der Waals surface area contributed by atoms with E-state index >= 15 is 0 Å². The lowest BCUT2D eigenvalue weighted by molar-refractivity contribution is 0.804. The van der Waals surface area contributed by atoms with Gasteiger partial charge in [0.15, 0.2) is 0 Å². The van der Waals surface area contributed by atoms with Crippen molar-refractivity contribution in [3.05, 3.63) is 20.8 Å². The Morgan fingerprint density at radius 3 is 2.69 bits per heavy atom. The SMILES string of the molecule is CCCCc1cc2sc(Br)cc2s1. The molecule has 0 atom stereocenters. The van der Waals surface area contributed by atoms with Gasteiger partial charge in [0.1, 0.15) is 0 Å². The number of thiophene rings is 2. The molecule has 0 fully saturated rings. The number of unbranched alkanes of at least 4 members (excludes halogenated alkanes) is 1. The molecule has 2 aromatic heterocycles. The fourth-order valence-corrected chi connectivity index (χ4v) is 4.42. The summed E-state index contributed by atoms with van der Waals surface area (Å²) in [7, 11) is 0. The Morgan fingerprint density at radius 1 is 1.23 bits per heavy atom. The van der Waals surface area contributed by atoms with Crippen LogP contribution in [-0.2, 0) is 6.42 Å². The Labute approximate surface area is 94.7 Å². The monoisotopic (exact) mass is 274 g/mol. The van der Waals surface area contributed by atoms with Crippen molar-refractivity contribution in [1.82, 2.24) is 0 Å². The average molecular weight is 275 g/mol. The Hall–Kier alpha value is 0.140. The van der Waals surface area contributed by atoms with Crippen LogP contribution in [0.15, 0.2) is 15.9 Å². The van der Waals surface area contributed by atoms with E-state index in [-0.39, 0.29) is 0 Å². The van der Waals surface area contributed by atoms with E-state index in [1.165, 1.54) is 37.3 Å². The minimum Gasteiger partial charge on any atom is -0.139 e. The van der Waals surface area contributed by atoms with Gasteiger partial charge >= 0.3 is 0 Å². The number of fused-ring (bicyclic) bond motifs is 1. The molecule has 0 saturated carbocycles. The van der Waals surface area contributed by atoms with Crippen LogP contribution in [-0.4, -0.2) is 0 Å². The molecule has 0 amide bonds. The minimum absolute atomic E-state index is 1.25. The molecule has 0 aliphatic rings. The minimum atomic E-state index is 1.25. The number of aryl methyl sites for hydroxylation is 1. The number of hydrogen-bond donors (Lipinski definition) is 0. The first kappa shape index (κ1) is 9.69. The first-order chi connectivity index (χ1) is 6.29. The second-order valence-corrected chi connectivity index (χ2v) is 6.73. The van der Waals surface area contributed by atoms with Gasteiger partial charge in [0.2, 0.25) is 0 Å². The summed E-state index contributed by atoms with van der Waals surface area (Å²) in [5.41, 5.74) is 0. The Balaban J connectivity index is 2.24. The quantitative estimate of drug-likeness (QED) is 0.733. The van der Waals surface area contributed by atoms with E-state index in [0.717, 1.165) is 0 Å². The number of halogens is 1. The fraction of sp³-hybridized carbons (Fsp3) is 0.400. The highest BCUT2D eigenvalue weighted by molar-refractivity contribution is 9.11. The lowest BCUT2D eigenvalue weighted by Crippen LogP contribution is -1.76. The number of rotatable bonds is 3. The summed E-state index contributed by atoms with van der Waals surface area (Å²) in [5.74, 6) is 0. The Bertz CT molecular complexity index is 368. The molecule has 0 spiro atoms. The van der Waals surface area contributed by atoms with Crippen LogP contribution in [0.3, 0.4) is 0 Å². The molecule has 0 aliphatic heterocycles. The summed E-state index contributed by atoms with van der Waals surface area (Å²) in [4.78, 5) is 1.54. The number of hydrogen-bond acceptors (Lipinski definition) is 2. The highest BCUT2D eigenvalue weighted by atomic mass is 79.9. The van der Waals surface area contributed by atoms with Crippen LogP contribution in [0.4, 0.5) is 0 Å². The zero-order chi connectivity index (χ0) is 9.26. The predicted molar refractivity (Wildman–Crippen MR) is 66.0 cm³/mol. The van der Waals surface area contributed by atoms with Crippen LogP contribution in [0.2, 0.25) is 0 Å². The Kier molecular flexibility index (Phi) is 3.06. The molecule has 2 rings (SSSR count). The average Bonchev–Trinajstić information content (AvgIpc) is 2.57. The summed E-state index contributed by atoms with van der Waals surface area (Å²) in [6.45, 7) is 2.24. The van der Waals surface area contributed by atoms with E-state index in [2.05, 4.69) is 35.0 Å². The van der Waals surface area contributed by atoms with Crippen LogP contribution in [0.25, 0.3) is 9.40 Å². The van der Waals surface area contributed by atoms with E-state index in [0.29, 0.717) is 0 Å². The van der Waals surface area contributed by atoms with Crippen LogP contribution in [0.5, 0.6) is 0 Å². The second-order valence-electron chi connectivity index (χ2n) is 3.10. The maximum absolute atomic E-state index is 3.51. The van der Waals surface area contributed by atoms with E-state index in [4.69, 9.17) is 0 Å². The van der Waals surface area contributed by atoms with Gasteiger partial charge in [-0.15, -0.1) is 22.7 Å². The molecular weight excluding hydrogens is 264 g/mol. The van der Waals surface area contributed by atoms with Gasteiger partial charge in [0, 0.05) is 14.3 Å². The van der Waals surface area contributed by atoms with Crippen molar-refractivity contribution in [2.75, 3.05) is 0 Å². The maximum atomic E-state index is 3.51. The molecule has 13 heavy (non-hydrogen) atoms. The molecule has 70 valence electrons. The highest BCUT2D eigenvalue weighted by Crippen LogP contribution is 2.36. The summed E-state index contributed by atoms with van der Waals surface area (Å²) < 4.78 is 4.11. The first-order valence-electron chi connectivity index (χ1n) is 4.47. The normalized spacial score (nSPS) is 11.2. The van der Waals surface area contributed by atoms with Gasteiger partial charge in [-0.2, -0.15) is 0 Å². The van der Waals surface area contributed by atoms with Crippen LogP contribution < -0.4 is 0 Å². The zero-order valence-electron chi connectivity index (χ0n) is 7.47. The van der Waals surface area contributed by atoms with Gasteiger partial charge in [0.05, 0.1) is 3.79 Å². The van der Waals surface area contributed by atoms with Gasteiger partial charge in [0.25, 0.3) is 0 Å². The molecule has 3 heteroatoms. The largest absolute Gasteiger partial charge is 0.139 e. The summed E-state index contributed by atoms with van der Waals surface area (Å²) in [6.07, 6.45) is 3.85. The molecule has 0 radical (unpaired) electrons. The van der Waals surface area contributed by atoms with E-state index in [1.807, 2.05) is 22.7 Å². The Morgan fingerprint density at radius 2 is 2.00 bits per heavy atom. The zero-order valence-corrected chi connectivity index (χ0v) is 10.7. The molecule has 0 aromatic carbocycles. The predicted octanol–water partition coefficient (Wildman–Crippen LogP) is 5.07. The molecule has 0 unspecified atom stereocenters. The van der Waals surface area contributed by atoms with Crippen molar-refractivity contribution >= 4 is 48.0 Å². The summed E-state index contributed by atoms with van der Waals surface area (Å²) >= 11 is 7.28. The van der Waals surface area contributed by atoms with Crippen LogP contribution in [0.1, 0.15) is 24.6 Å². The van der Waals surface area contributed by atoms with E-state index in [9.17, 15) is 0 Å². The molecule has 2 heterocycles. The van der Waals surface area contributed by atoms with Crippen molar-refractivity contribution in [2.45, 2.75) is 26.2 Å². The molecule has 0 saturated heterocycles. The molecule has 0 bridgehead atoms. The van der Waals surface area contributed by atoms with Gasteiger partial charge in [-0.05, 0) is 40.9 Å². The van der Waals surface area contributed by atoms with E-state index in [1.54, 1.807) is 0 Å². The second kappa shape index (κ2) is 4.11. The van der Waals surface area contributed by atoms with Crippen molar-refractivity contribution in [1.29, 1.82) is 0 Å². The highest BCUT2D eigenvalue weighted by Gasteiger charge is 2.04. The third kappa shape index (κ3) is 2.14. The van der Waals surface area contributed by atoms with Gasteiger partial charge in [-0.3, -0.25) is 0 Å². The molecule has 0 aliphatic carbocycles. The fourth-order valence-electron chi connectivity index (χ4n) is 1.33. The maximum Gasteiger partial charge on any atom is 0.0719 e. The van der Waals surface area contributed by atoms with Crippen molar-refractivity contribution in [3.8, 4) is 0 Å².